The molecule has 3 fully saturated rings. The zero-order valence-electron chi connectivity index (χ0n) is 13.5. The molecular weight excluding hydrogens is 324 g/mol. The molecule has 0 unspecified atom stereocenters. The van der Waals surface area contributed by atoms with Gasteiger partial charge in [-0.1, -0.05) is 12.2 Å². The lowest BCUT2D eigenvalue weighted by Gasteiger charge is -2.22. The summed E-state index contributed by atoms with van der Waals surface area (Å²) >= 11 is 0. The molecule has 1 saturated heterocycles. The van der Waals surface area contributed by atoms with Gasteiger partial charge in [0.05, 0.1) is 35.6 Å². The number of fused-ring (bicyclic) bond motifs is 3. The van der Waals surface area contributed by atoms with Gasteiger partial charge < -0.3 is 4.74 Å². The van der Waals surface area contributed by atoms with Crippen LogP contribution in [-0.2, 0) is 9.59 Å². The molecule has 1 aliphatic heterocycles. The maximum atomic E-state index is 13.1. The minimum absolute atomic E-state index is 0.140. The molecule has 4 atom stereocenters. The molecule has 25 heavy (non-hydrogen) atoms. The first-order chi connectivity index (χ1) is 12.0. The van der Waals surface area contributed by atoms with Crippen LogP contribution in [0.15, 0.2) is 30.4 Å². The molecule has 0 N–H and O–H groups in total. The number of anilines is 1. The van der Waals surface area contributed by atoms with Gasteiger partial charge in [0.15, 0.2) is 0 Å². The van der Waals surface area contributed by atoms with E-state index < -0.39 is 4.92 Å². The van der Waals surface area contributed by atoms with E-state index in [4.69, 9.17) is 4.74 Å². The Bertz CT molecular complexity index is 838. The molecule has 0 aromatic heterocycles. The molecule has 7 nitrogen and oxygen atoms in total. The number of carbonyl (C=O) groups is 2. The van der Waals surface area contributed by atoms with Gasteiger partial charge in [-0.05, 0) is 36.2 Å². The van der Waals surface area contributed by atoms with Crippen molar-refractivity contribution in [2.75, 3.05) is 12.0 Å². The van der Waals surface area contributed by atoms with Gasteiger partial charge >= 0.3 is 0 Å². The molecule has 5 rings (SSSR count). The molecule has 128 valence electrons. The van der Waals surface area contributed by atoms with Gasteiger partial charge in [-0.2, -0.15) is 0 Å². The number of ether oxygens (including phenoxy) is 1. The maximum absolute atomic E-state index is 13.1. The molecule has 2 saturated carbocycles. The van der Waals surface area contributed by atoms with Crippen molar-refractivity contribution in [2.24, 2.45) is 29.1 Å². The summed E-state index contributed by atoms with van der Waals surface area (Å²) in [6.07, 6.45) is 6.40. The monoisotopic (exact) mass is 340 g/mol. The number of hydrogen-bond acceptors (Lipinski definition) is 5. The minimum Gasteiger partial charge on any atom is -0.494 e. The highest BCUT2D eigenvalue weighted by Gasteiger charge is 2.73. The molecule has 2 amide bonds. The average molecular weight is 340 g/mol. The highest BCUT2D eigenvalue weighted by molar-refractivity contribution is 6.23. The highest BCUT2D eigenvalue weighted by atomic mass is 16.6. The number of non-ortho nitro benzene ring substituents is 1. The Hall–Kier alpha value is -2.70. The Kier molecular flexibility index (Phi) is 2.62. The van der Waals surface area contributed by atoms with E-state index in [1.165, 1.54) is 30.2 Å². The molecular formula is C18H16N2O5. The molecule has 7 heteroatoms. The second-order valence-corrected chi connectivity index (χ2v) is 7.35. The standard InChI is InChI=1S/C18H16N2O5/c1-25-13-8-9(20(23)24)2-5-12(13)19-16(21)14-10-3-4-11(15(14)17(19)22)18(10)6-7-18/h2-5,8,10-11,14-15H,6-7H2,1H3/t10-,11-,14-,15-/m1/s1. The zero-order valence-corrected chi connectivity index (χ0v) is 13.5. The number of nitrogens with zero attached hydrogens (tertiary/aromatic N) is 2. The van der Waals surface area contributed by atoms with Crippen LogP contribution < -0.4 is 9.64 Å². The highest BCUT2D eigenvalue weighted by Crippen LogP contribution is 2.73. The quantitative estimate of drug-likeness (QED) is 0.364. The van der Waals surface area contributed by atoms with Crippen LogP contribution in [0.1, 0.15) is 12.8 Å². The summed E-state index contributed by atoms with van der Waals surface area (Å²) in [4.78, 5) is 37.7. The third-order valence-corrected chi connectivity index (χ3v) is 6.47. The number of benzene rings is 1. The molecule has 1 heterocycles. The number of rotatable bonds is 3. The van der Waals surface area contributed by atoms with Crippen LogP contribution in [-0.4, -0.2) is 23.8 Å². The first-order valence-electron chi connectivity index (χ1n) is 8.38. The third kappa shape index (κ3) is 1.61. The van der Waals surface area contributed by atoms with Crippen molar-refractivity contribution in [2.45, 2.75) is 12.8 Å². The molecule has 1 aromatic carbocycles. The summed E-state index contributed by atoms with van der Waals surface area (Å²) in [5.74, 6) is -0.552. The number of amides is 2. The van der Waals surface area contributed by atoms with Gasteiger partial charge in [0.1, 0.15) is 5.75 Å². The number of nitro benzene ring substituents is 1. The lowest BCUT2D eigenvalue weighted by Crippen LogP contribution is -2.35. The topological polar surface area (TPSA) is 89.8 Å². The Morgan fingerprint density at radius 1 is 1.16 bits per heavy atom. The summed E-state index contributed by atoms with van der Waals surface area (Å²) in [6, 6.07) is 3.97. The van der Waals surface area contributed by atoms with E-state index in [9.17, 15) is 19.7 Å². The molecule has 1 aromatic rings. The van der Waals surface area contributed by atoms with E-state index in [-0.39, 0.29) is 52.3 Å². The van der Waals surface area contributed by atoms with E-state index in [2.05, 4.69) is 12.2 Å². The van der Waals surface area contributed by atoms with E-state index in [0.29, 0.717) is 5.69 Å². The molecule has 0 radical (unpaired) electrons. The second kappa shape index (κ2) is 4.47. The Labute approximate surface area is 143 Å². The molecule has 1 spiro atoms. The number of methoxy groups -OCH3 is 1. The first-order valence-corrected chi connectivity index (χ1v) is 8.38. The third-order valence-electron chi connectivity index (χ3n) is 6.47. The molecule has 4 aliphatic rings. The number of allylic oxidation sites excluding steroid dienone is 2. The van der Waals surface area contributed by atoms with E-state index in [0.717, 1.165) is 12.8 Å². The van der Waals surface area contributed by atoms with Gasteiger partial charge in [-0.25, -0.2) is 4.90 Å². The summed E-state index contributed by atoms with van der Waals surface area (Å²) in [6.45, 7) is 0. The van der Waals surface area contributed by atoms with Crippen LogP contribution in [0.2, 0.25) is 0 Å². The summed E-state index contributed by atoms with van der Waals surface area (Å²) < 4.78 is 5.22. The predicted molar refractivity (Wildman–Crippen MR) is 86.9 cm³/mol. The Balaban J connectivity index is 1.56. The van der Waals surface area contributed by atoms with Crippen LogP contribution >= 0.6 is 0 Å². The van der Waals surface area contributed by atoms with Crippen LogP contribution in [0.25, 0.3) is 0 Å². The lowest BCUT2D eigenvalue weighted by molar-refractivity contribution is -0.384. The second-order valence-electron chi connectivity index (χ2n) is 7.35. The Morgan fingerprint density at radius 2 is 1.76 bits per heavy atom. The van der Waals surface area contributed by atoms with Crippen molar-refractivity contribution in [3.8, 4) is 5.75 Å². The summed E-state index contributed by atoms with van der Waals surface area (Å²) in [5, 5.41) is 11.0. The van der Waals surface area contributed by atoms with Gasteiger partial charge in [-0.3, -0.25) is 19.7 Å². The van der Waals surface area contributed by atoms with Crippen molar-refractivity contribution in [1.29, 1.82) is 0 Å². The van der Waals surface area contributed by atoms with Crippen LogP contribution in [0.3, 0.4) is 0 Å². The van der Waals surface area contributed by atoms with E-state index in [1.807, 2.05) is 0 Å². The summed E-state index contributed by atoms with van der Waals surface area (Å²) in [5.41, 5.74) is 0.298. The summed E-state index contributed by atoms with van der Waals surface area (Å²) in [7, 11) is 1.37. The van der Waals surface area contributed by atoms with Crippen LogP contribution in [0.4, 0.5) is 11.4 Å². The van der Waals surface area contributed by atoms with Crippen molar-refractivity contribution in [3.05, 3.63) is 40.5 Å². The minimum atomic E-state index is -0.532. The maximum Gasteiger partial charge on any atom is 0.273 e. The molecule has 2 bridgehead atoms. The van der Waals surface area contributed by atoms with Crippen LogP contribution in [0.5, 0.6) is 5.75 Å². The Morgan fingerprint density at radius 3 is 2.24 bits per heavy atom. The zero-order chi connectivity index (χ0) is 17.5. The normalized spacial score (nSPS) is 33.2. The first kappa shape index (κ1) is 14.6. The van der Waals surface area contributed by atoms with Crippen LogP contribution in [0, 0.1) is 39.2 Å². The predicted octanol–water partition coefficient (Wildman–Crippen LogP) is 2.30. The van der Waals surface area contributed by atoms with Gasteiger partial charge in [0.25, 0.3) is 5.69 Å². The average Bonchev–Trinajstić information content (AvgIpc) is 3.20. The number of carbonyl (C=O) groups excluding carboxylic acids is 2. The fraction of sp³-hybridized carbons (Fsp3) is 0.444. The molecule has 3 aliphatic carbocycles. The van der Waals surface area contributed by atoms with Gasteiger partial charge in [-0.15, -0.1) is 0 Å². The van der Waals surface area contributed by atoms with Gasteiger partial charge in [0.2, 0.25) is 11.8 Å². The fourth-order valence-electron chi connectivity index (χ4n) is 5.28. The number of hydrogen-bond donors (Lipinski definition) is 0. The number of imide groups is 1. The van der Waals surface area contributed by atoms with Crippen molar-refractivity contribution in [3.63, 3.8) is 0 Å². The van der Waals surface area contributed by atoms with E-state index in [1.54, 1.807) is 0 Å². The largest absolute Gasteiger partial charge is 0.494 e. The van der Waals surface area contributed by atoms with Crippen molar-refractivity contribution >= 4 is 23.2 Å². The van der Waals surface area contributed by atoms with E-state index >= 15 is 0 Å². The van der Waals surface area contributed by atoms with Crippen molar-refractivity contribution < 1.29 is 19.2 Å². The number of nitro groups is 1. The smallest absolute Gasteiger partial charge is 0.273 e. The SMILES string of the molecule is COc1cc([N+](=O)[O-])ccc1N1C(=O)[C@H]2[C@H](C1=O)[C@H]1C=C[C@H]2C12CC2. The van der Waals surface area contributed by atoms with Gasteiger partial charge in [0, 0.05) is 6.07 Å². The lowest BCUT2D eigenvalue weighted by atomic mass is 9.85. The fourth-order valence-corrected chi connectivity index (χ4v) is 5.28. The van der Waals surface area contributed by atoms with Crippen molar-refractivity contribution in [1.82, 2.24) is 0 Å².